The third-order valence-corrected chi connectivity index (χ3v) is 4.91. The van der Waals surface area contributed by atoms with Crippen molar-refractivity contribution in [3.05, 3.63) is 29.1 Å². The fraction of sp³-hybridized carbons (Fsp3) is 0.588. The number of fused-ring (bicyclic) bond motifs is 1. The van der Waals surface area contributed by atoms with Crippen molar-refractivity contribution in [2.75, 3.05) is 19.7 Å². The van der Waals surface area contributed by atoms with E-state index in [1.807, 2.05) is 0 Å². The maximum Gasteiger partial charge on any atom is 0.256 e. The Morgan fingerprint density at radius 2 is 2.13 bits per heavy atom. The molecule has 1 unspecified atom stereocenters. The quantitative estimate of drug-likeness (QED) is 0.882. The highest BCUT2D eigenvalue weighted by atomic mass is 16.3. The Balaban J connectivity index is 1.87. The SMILES string of the molecule is CC(=O)N1CCc2c(cncc2C(=O)N2CCCCC2CO)C1. The lowest BCUT2D eigenvalue weighted by Gasteiger charge is -2.36. The van der Waals surface area contributed by atoms with E-state index in [2.05, 4.69) is 4.98 Å². The number of hydrogen-bond acceptors (Lipinski definition) is 4. The van der Waals surface area contributed by atoms with Gasteiger partial charge in [0, 0.05) is 39.0 Å². The third-order valence-electron chi connectivity index (χ3n) is 4.91. The maximum atomic E-state index is 13.0. The molecular formula is C17H23N3O3. The Hall–Kier alpha value is -1.95. The summed E-state index contributed by atoms with van der Waals surface area (Å²) in [6, 6.07) is -0.0931. The summed E-state index contributed by atoms with van der Waals surface area (Å²) in [6.07, 6.45) is 6.93. The number of carbonyl (C=O) groups excluding carboxylic acids is 2. The predicted octanol–water partition coefficient (Wildman–Crippen LogP) is 0.973. The van der Waals surface area contributed by atoms with E-state index in [1.165, 1.54) is 0 Å². The van der Waals surface area contributed by atoms with Crippen LogP contribution in [0.4, 0.5) is 0 Å². The largest absolute Gasteiger partial charge is 0.394 e. The molecule has 1 atom stereocenters. The lowest BCUT2D eigenvalue weighted by Crippen LogP contribution is -2.46. The monoisotopic (exact) mass is 317 g/mol. The number of amides is 2. The number of rotatable bonds is 2. The van der Waals surface area contributed by atoms with E-state index in [9.17, 15) is 14.7 Å². The van der Waals surface area contributed by atoms with Crippen LogP contribution in [0.25, 0.3) is 0 Å². The van der Waals surface area contributed by atoms with Crippen LogP contribution in [0.15, 0.2) is 12.4 Å². The average molecular weight is 317 g/mol. The van der Waals surface area contributed by atoms with Crippen LogP contribution < -0.4 is 0 Å². The van der Waals surface area contributed by atoms with Crippen molar-refractivity contribution in [1.82, 2.24) is 14.8 Å². The minimum absolute atomic E-state index is 0.00626. The molecule has 3 heterocycles. The summed E-state index contributed by atoms with van der Waals surface area (Å²) in [7, 11) is 0. The molecule has 6 heteroatoms. The minimum atomic E-state index is -0.0931. The topological polar surface area (TPSA) is 73.7 Å². The molecular weight excluding hydrogens is 294 g/mol. The first-order valence-electron chi connectivity index (χ1n) is 8.25. The lowest BCUT2D eigenvalue weighted by molar-refractivity contribution is -0.129. The van der Waals surface area contributed by atoms with Gasteiger partial charge in [-0.05, 0) is 36.8 Å². The van der Waals surface area contributed by atoms with Crippen LogP contribution in [0.3, 0.4) is 0 Å². The Labute approximate surface area is 136 Å². The number of aromatic nitrogens is 1. The van der Waals surface area contributed by atoms with Crippen LogP contribution in [-0.2, 0) is 17.8 Å². The van der Waals surface area contributed by atoms with Gasteiger partial charge in [-0.15, -0.1) is 0 Å². The second kappa shape index (κ2) is 6.66. The first kappa shape index (κ1) is 15.9. The van der Waals surface area contributed by atoms with Crippen molar-refractivity contribution in [1.29, 1.82) is 0 Å². The molecule has 0 aliphatic carbocycles. The summed E-state index contributed by atoms with van der Waals surface area (Å²) < 4.78 is 0. The zero-order valence-corrected chi connectivity index (χ0v) is 13.5. The molecule has 1 aromatic rings. The molecule has 0 radical (unpaired) electrons. The summed E-state index contributed by atoms with van der Waals surface area (Å²) in [4.78, 5) is 32.3. The molecule has 2 aliphatic rings. The predicted molar refractivity (Wildman–Crippen MR) is 84.8 cm³/mol. The van der Waals surface area contributed by atoms with Gasteiger partial charge in [0.2, 0.25) is 5.91 Å². The van der Waals surface area contributed by atoms with Crippen LogP contribution >= 0.6 is 0 Å². The molecule has 0 saturated carbocycles. The van der Waals surface area contributed by atoms with Gasteiger partial charge >= 0.3 is 0 Å². The fourth-order valence-electron chi connectivity index (χ4n) is 3.56. The van der Waals surface area contributed by atoms with Gasteiger partial charge in [-0.1, -0.05) is 0 Å². The second-order valence-corrected chi connectivity index (χ2v) is 6.35. The van der Waals surface area contributed by atoms with Gasteiger partial charge in [-0.3, -0.25) is 14.6 Å². The average Bonchev–Trinajstić information content (AvgIpc) is 2.60. The first-order chi connectivity index (χ1) is 11.1. The number of hydrogen-bond donors (Lipinski definition) is 1. The lowest BCUT2D eigenvalue weighted by atomic mass is 9.94. The van der Waals surface area contributed by atoms with Crippen molar-refractivity contribution in [3.8, 4) is 0 Å². The van der Waals surface area contributed by atoms with E-state index < -0.39 is 0 Å². The molecule has 2 aliphatic heterocycles. The molecule has 124 valence electrons. The van der Waals surface area contributed by atoms with Crippen molar-refractivity contribution in [2.45, 2.75) is 45.2 Å². The van der Waals surface area contributed by atoms with E-state index in [1.54, 1.807) is 29.1 Å². The summed E-state index contributed by atoms with van der Waals surface area (Å²) in [6.45, 7) is 3.41. The normalized spacial score (nSPS) is 21.0. The van der Waals surface area contributed by atoms with Gasteiger partial charge in [0.1, 0.15) is 0 Å². The summed E-state index contributed by atoms with van der Waals surface area (Å²) >= 11 is 0. The minimum Gasteiger partial charge on any atom is -0.394 e. The van der Waals surface area contributed by atoms with E-state index in [0.29, 0.717) is 31.6 Å². The molecule has 1 saturated heterocycles. The van der Waals surface area contributed by atoms with Crippen LogP contribution in [-0.4, -0.2) is 57.4 Å². The van der Waals surface area contributed by atoms with Crippen molar-refractivity contribution < 1.29 is 14.7 Å². The van der Waals surface area contributed by atoms with Crippen LogP contribution in [0, 0.1) is 0 Å². The Kier molecular flexibility index (Phi) is 4.61. The second-order valence-electron chi connectivity index (χ2n) is 6.35. The molecule has 0 bridgehead atoms. The number of nitrogens with zero attached hydrogens (tertiary/aromatic N) is 3. The highest BCUT2D eigenvalue weighted by Crippen LogP contribution is 2.25. The van der Waals surface area contributed by atoms with Crippen LogP contribution in [0.1, 0.15) is 47.7 Å². The molecule has 1 N–H and O–H groups in total. The number of aliphatic hydroxyl groups is 1. The number of carbonyl (C=O) groups is 2. The third kappa shape index (κ3) is 3.08. The molecule has 0 spiro atoms. The molecule has 1 aromatic heterocycles. The Morgan fingerprint density at radius 1 is 1.30 bits per heavy atom. The van der Waals surface area contributed by atoms with Gasteiger partial charge in [0.25, 0.3) is 5.91 Å². The van der Waals surface area contributed by atoms with Gasteiger partial charge in [0.05, 0.1) is 18.2 Å². The molecule has 1 fully saturated rings. The van der Waals surface area contributed by atoms with E-state index in [4.69, 9.17) is 0 Å². The zero-order valence-electron chi connectivity index (χ0n) is 13.5. The summed E-state index contributed by atoms with van der Waals surface area (Å²) in [5.41, 5.74) is 2.59. The number of likely N-dealkylation sites (tertiary alicyclic amines) is 1. The van der Waals surface area contributed by atoms with Crippen molar-refractivity contribution in [2.24, 2.45) is 0 Å². The van der Waals surface area contributed by atoms with Gasteiger partial charge < -0.3 is 14.9 Å². The number of pyridine rings is 1. The smallest absolute Gasteiger partial charge is 0.256 e. The number of aliphatic hydroxyl groups excluding tert-OH is 1. The molecule has 6 nitrogen and oxygen atoms in total. The standard InChI is InChI=1S/C17H23N3O3/c1-12(22)19-7-5-15-13(10-19)8-18-9-16(15)17(23)20-6-3-2-4-14(20)11-21/h8-9,14,21H,2-7,10-11H2,1H3. The molecule has 23 heavy (non-hydrogen) atoms. The van der Waals surface area contributed by atoms with Crippen molar-refractivity contribution in [3.63, 3.8) is 0 Å². The summed E-state index contributed by atoms with van der Waals surface area (Å²) in [5.74, 6) is 0.00753. The van der Waals surface area contributed by atoms with Gasteiger partial charge in [-0.2, -0.15) is 0 Å². The van der Waals surface area contributed by atoms with E-state index in [0.717, 1.165) is 30.4 Å². The van der Waals surface area contributed by atoms with Crippen molar-refractivity contribution >= 4 is 11.8 Å². The van der Waals surface area contributed by atoms with Crippen LogP contribution in [0.2, 0.25) is 0 Å². The highest BCUT2D eigenvalue weighted by molar-refractivity contribution is 5.96. The molecule has 0 aromatic carbocycles. The molecule has 3 rings (SSSR count). The fourth-order valence-corrected chi connectivity index (χ4v) is 3.56. The first-order valence-corrected chi connectivity index (χ1v) is 8.25. The Bertz CT molecular complexity index is 617. The summed E-state index contributed by atoms with van der Waals surface area (Å²) in [5, 5.41) is 9.54. The Morgan fingerprint density at radius 3 is 2.87 bits per heavy atom. The number of piperidine rings is 1. The van der Waals surface area contributed by atoms with E-state index >= 15 is 0 Å². The highest BCUT2D eigenvalue weighted by Gasteiger charge is 2.30. The van der Waals surface area contributed by atoms with Gasteiger partial charge in [-0.25, -0.2) is 0 Å². The van der Waals surface area contributed by atoms with Gasteiger partial charge in [0.15, 0.2) is 0 Å². The molecule has 2 amide bonds. The van der Waals surface area contributed by atoms with Crippen LogP contribution in [0.5, 0.6) is 0 Å². The zero-order chi connectivity index (χ0) is 16.4. The maximum absolute atomic E-state index is 13.0. The van der Waals surface area contributed by atoms with E-state index in [-0.39, 0.29) is 24.5 Å².